The summed E-state index contributed by atoms with van der Waals surface area (Å²) in [6, 6.07) is 1.18. The van der Waals surface area contributed by atoms with Crippen LogP contribution in [0.4, 0.5) is 0 Å². The Balaban J connectivity index is 2.29. The Morgan fingerprint density at radius 1 is 1.54 bits per heavy atom. The predicted molar refractivity (Wildman–Crippen MR) is 54.7 cm³/mol. The molecule has 1 saturated carbocycles. The van der Waals surface area contributed by atoms with E-state index in [9.17, 15) is 4.79 Å². The minimum absolute atomic E-state index is 0.335. The molecule has 1 N–H and O–H groups in total. The maximum absolute atomic E-state index is 11.1. The molecule has 0 aliphatic heterocycles. The normalized spacial score (nSPS) is 30.4. The van der Waals surface area contributed by atoms with Gasteiger partial charge in [0, 0.05) is 18.0 Å². The van der Waals surface area contributed by atoms with Crippen molar-refractivity contribution in [3.05, 3.63) is 0 Å². The van der Waals surface area contributed by atoms with Crippen molar-refractivity contribution in [2.45, 2.75) is 58.5 Å². The van der Waals surface area contributed by atoms with E-state index < -0.39 is 0 Å². The maximum Gasteiger partial charge on any atom is 0.132 e. The average molecular weight is 183 g/mol. The fourth-order valence-electron chi connectivity index (χ4n) is 2.02. The second kappa shape index (κ2) is 4.75. The maximum atomic E-state index is 11.1. The Bertz CT molecular complexity index is 179. The molecule has 0 aromatic rings. The number of carbonyl (C=O) groups is 1. The number of hydrogen-bond donors (Lipinski definition) is 1. The highest BCUT2D eigenvalue weighted by atomic mass is 16.1. The average Bonchev–Trinajstić information content (AvgIpc) is 2.52. The van der Waals surface area contributed by atoms with Crippen LogP contribution in [0.3, 0.4) is 0 Å². The molecule has 3 atom stereocenters. The van der Waals surface area contributed by atoms with Gasteiger partial charge < -0.3 is 5.32 Å². The number of nitrogens with one attached hydrogen (secondary N) is 1. The van der Waals surface area contributed by atoms with E-state index in [1.54, 1.807) is 6.92 Å². The quantitative estimate of drug-likeness (QED) is 0.723. The van der Waals surface area contributed by atoms with Crippen molar-refractivity contribution in [1.29, 1.82) is 0 Å². The van der Waals surface area contributed by atoms with Gasteiger partial charge in [0.15, 0.2) is 0 Å². The van der Waals surface area contributed by atoms with Crippen LogP contribution in [0.15, 0.2) is 0 Å². The number of Topliss-reactive ketones (excluding diaryl/α,β-unsaturated/α-hetero) is 1. The molecule has 13 heavy (non-hydrogen) atoms. The first-order valence-electron chi connectivity index (χ1n) is 5.40. The van der Waals surface area contributed by atoms with Crippen LogP contribution in [-0.2, 0) is 4.79 Å². The largest absolute Gasteiger partial charge is 0.311 e. The second-order valence-corrected chi connectivity index (χ2v) is 4.29. The van der Waals surface area contributed by atoms with Crippen molar-refractivity contribution in [3.63, 3.8) is 0 Å². The Kier molecular flexibility index (Phi) is 3.91. The Morgan fingerprint density at radius 2 is 2.23 bits per heavy atom. The summed E-state index contributed by atoms with van der Waals surface area (Å²) >= 11 is 0. The van der Waals surface area contributed by atoms with Crippen molar-refractivity contribution in [3.8, 4) is 0 Å². The van der Waals surface area contributed by atoms with Gasteiger partial charge in [0.1, 0.15) is 5.78 Å². The Morgan fingerprint density at radius 3 is 2.69 bits per heavy atom. The van der Waals surface area contributed by atoms with E-state index in [-0.39, 0.29) is 0 Å². The van der Waals surface area contributed by atoms with Crippen molar-refractivity contribution in [2.24, 2.45) is 5.92 Å². The third kappa shape index (κ3) is 3.11. The zero-order valence-corrected chi connectivity index (χ0v) is 8.97. The van der Waals surface area contributed by atoms with Gasteiger partial charge in [-0.1, -0.05) is 6.92 Å². The van der Waals surface area contributed by atoms with Crippen LogP contribution in [0.5, 0.6) is 0 Å². The molecule has 2 heteroatoms. The SMILES string of the molecule is CCC(C)NC1CCC(C(C)=O)C1. The van der Waals surface area contributed by atoms with Gasteiger partial charge in [-0.05, 0) is 39.5 Å². The smallest absolute Gasteiger partial charge is 0.132 e. The monoisotopic (exact) mass is 183 g/mol. The summed E-state index contributed by atoms with van der Waals surface area (Å²) in [5.41, 5.74) is 0. The molecule has 2 nitrogen and oxygen atoms in total. The van der Waals surface area contributed by atoms with Gasteiger partial charge in [-0.25, -0.2) is 0 Å². The first kappa shape index (κ1) is 10.7. The van der Waals surface area contributed by atoms with Crippen LogP contribution >= 0.6 is 0 Å². The molecule has 1 aliphatic carbocycles. The van der Waals surface area contributed by atoms with Crippen LogP contribution in [0.2, 0.25) is 0 Å². The predicted octanol–water partition coefficient (Wildman–Crippen LogP) is 2.13. The molecule has 0 radical (unpaired) electrons. The van der Waals surface area contributed by atoms with Crippen LogP contribution in [0, 0.1) is 5.92 Å². The number of carbonyl (C=O) groups excluding carboxylic acids is 1. The first-order valence-corrected chi connectivity index (χ1v) is 5.40. The van der Waals surface area contributed by atoms with Crippen molar-refractivity contribution < 1.29 is 4.79 Å². The lowest BCUT2D eigenvalue weighted by Crippen LogP contribution is -2.34. The van der Waals surface area contributed by atoms with E-state index >= 15 is 0 Å². The van der Waals surface area contributed by atoms with Crippen LogP contribution in [0.1, 0.15) is 46.5 Å². The Hall–Kier alpha value is -0.370. The van der Waals surface area contributed by atoms with Gasteiger partial charge in [-0.15, -0.1) is 0 Å². The van der Waals surface area contributed by atoms with Gasteiger partial charge in [0.25, 0.3) is 0 Å². The third-order valence-electron chi connectivity index (χ3n) is 3.14. The molecule has 0 bridgehead atoms. The lowest BCUT2D eigenvalue weighted by Gasteiger charge is -2.17. The molecule has 0 heterocycles. The Labute approximate surface area is 81.1 Å². The van der Waals surface area contributed by atoms with E-state index in [0.717, 1.165) is 12.8 Å². The summed E-state index contributed by atoms with van der Waals surface area (Å²) in [7, 11) is 0. The molecule has 76 valence electrons. The molecule has 0 saturated heterocycles. The van der Waals surface area contributed by atoms with E-state index in [1.165, 1.54) is 12.8 Å². The zero-order valence-electron chi connectivity index (χ0n) is 8.97. The van der Waals surface area contributed by atoms with Crippen LogP contribution in [0.25, 0.3) is 0 Å². The van der Waals surface area contributed by atoms with E-state index in [1.807, 2.05) is 0 Å². The van der Waals surface area contributed by atoms with Gasteiger partial charge in [-0.3, -0.25) is 4.79 Å². The molecule has 1 rings (SSSR count). The lowest BCUT2D eigenvalue weighted by atomic mass is 10.0. The van der Waals surface area contributed by atoms with Gasteiger partial charge >= 0.3 is 0 Å². The summed E-state index contributed by atoms with van der Waals surface area (Å²) in [6.45, 7) is 6.12. The number of ketones is 1. The second-order valence-electron chi connectivity index (χ2n) is 4.29. The van der Waals surface area contributed by atoms with E-state index in [2.05, 4.69) is 19.2 Å². The first-order chi connectivity index (χ1) is 6.13. The molecule has 0 spiro atoms. The minimum atomic E-state index is 0.335. The fraction of sp³-hybridized carbons (Fsp3) is 0.909. The summed E-state index contributed by atoms with van der Waals surface area (Å²) < 4.78 is 0. The summed E-state index contributed by atoms with van der Waals surface area (Å²) in [5.74, 6) is 0.704. The fourth-order valence-corrected chi connectivity index (χ4v) is 2.02. The van der Waals surface area contributed by atoms with E-state index in [4.69, 9.17) is 0 Å². The number of rotatable bonds is 4. The van der Waals surface area contributed by atoms with Crippen molar-refractivity contribution in [1.82, 2.24) is 5.32 Å². The summed E-state index contributed by atoms with van der Waals surface area (Å²) in [5, 5.41) is 3.56. The molecule has 0 aromatic heterocycles. The molecule has 3 unspecified atom stereocenters. The van der Waals surface area contributed by atoms with Crippen LogP contribution < -0.4 is 5.32 Å². The molecular weight excluding hydrogens is 162 g/mol. The van der Waals surface area contributed by atoms with E-state index in [0.29, 0.717) is 23.8 Å². The number of hydrogen-bond acceptors (Lipinski definition) is 2. The molecule has 0 amide bonds. The third-order valence-corrected chi connectivity index (χ3v) is 3.14. The minimum Gasteiger partial charge on any atom is -0.311 e. The molecule has 1 aliphatic rings. The molecule has 0 aromatic carbocycles. The topological polar surface area (TPSA) is 29.1 Å². The van der Waals surface area contributed by atoms with Crippen LogP contribution in [-0.4, -0.2) is 17.9 Å². The zero-order chi connectivity index (χ0) is 9.84. The summed E-state index contributed by atoms with van der Waals surface area (Å²) in [4.78, 5) is 11.1. The van der Waals surface area contributed by atoms with Gasteiger partial charge in [0.2, 0.25) is 0 Å². The van der Waals surface area contributed by atoms with Gasteiger partial charge in [-0.2, -0.15) is 0 Å². The van der Waals surface area contributed by atoms with Crippen molar-refractivity contribution in [2.75, 3.05) is 0 Å². The highest BCUT2D eigenvalue weighted by molar-refractivity contribution is 5.78. The lowest BCUT2D eigenvalue weighted by molar-refractivity contribution is -0.120. The molecule has 1 fully saturated rings. The van der Waals surface area contributed by atoms with Gasteiger partial charge in [0.05, 0.1) is 0 Å². The summed E-state index contributed by atoms with van der Waals surface area (Å²) in [6.07, 6.45) is 4.49. The van der Waals surface area contributed by atoms with Crippen molar-refractivity contribution >= 4 is 5.78 Å². The standard InChI is InChI=1S/C11H21NO/c1-4-8(2)12-11-6-5-10(7-11)9(3)13/h8,10-12H,4-7H2,1-3H3. The molecular formula is C11H21NO. The highest BCUT2D eigenvalue weighted by Gasteiger charge is 2.27. The highest BCUT2D eigenvalue weighted by Crippen LogP contribution is 2.26.